The molecule has 0 radical (unpaired) electrons. The van der Waals surface area contributed by atoms with Gasteiger partial charge < -0.3 is 9.84 Å². The molecule has 0 bridgehead atoms. The minimum Gasteiger partial charge on any atom is -0.379 e. The minimum absolute atomic E-state index is 0.192. The molecule has 0 spiro atoms. The lowest BCUT2D eigenvalue weighted by molar-refractivity contribution is -0.141. The van der Waals surface area contributed by atoms with Gasteiger partial charge in [-0.25, -0.2) is 0 Å². The lowest BCUT2D eigenvalue weighted by Crippen LogP contribution is -2.48. The van der Waals surface area contributed by atoms with E-state index in [0.717, 1.165) is 13.1 Å². The molecule has 22 heavy (non-hydrogen) atoms. The maximum Gasteiger partial charge on any atom is 0.265 e. The molecule has 3 rings (SSSR count). The van der Waals surface area contributed by atoms with Crippen LogP contribution in [0.5, 0.6) is 0 Å². The normalized spacial score (nSPS) is 25.4. The second-order valence-corrected chi connectivity index (χ2v) is 5.86. The quantitative estimate of drug-likeness (QED) is 0.876. The highest BCUT2D eigenvalue weighted by Crippen LogP contribution is 2.42. The van der Waals surface area contributed by atoms with Gasteiger partial charge in [0.15, 0.2) is 5.60 Å². The summed E-state index contributed by atoms with van der Waals surface area (Å²) in [4.78, 5) is 27.9. The van der Waals surface area contributed by atoms with Crippen LogP contribution in [0, 0.1) is 0 Å². The minimum atomic E-state index is -1.74. The van der Waals surface area contributed by atoms with E-state index in [2.05, 4.69) is 4.90 Å². The summed E-state index contributed by atoms with van der Waals surface area (Å²) < 4.78 is 5.31. The van der Waals surface area contributed by atoms with Crippen molar-refractivity contribution in [3.63, 3.8) is 0 Å². The smallest absolute Gasteiger partial charge is 0.265 e. The Bertz CT molecular complexity index is 598. The summed E-state index contributed by atoms with van der Waals surface area (Å²) in [6, 6.07) is 7.13. The first kappa shape index (κ1) is 15.1. The first-order valence-corrected chi connectivity index (χ1v) is 7.46. The molecule has 0 unspecified atom stereocenters. The van der Waals surface area contributed by atoms with Gasteiger partial charge in [-0.2, -0.15) is 0 Å². The molecule has 1 N–H and O–H groups in total. The molecule has 0 saturated carbocycles. The molecule has 0 aliphatic carbocycles. The lowest BCUT2D eigenvalue weighted by atomic mass is 9.90. The number of fused-ring (bicyclic) bond motifs is 1. The fourth-order valence-electron chi connectivity index (χ4n) is 3.12. The van der Waals surface area contributed by atoms with E-state index in [0.29, 0.717) is 31.1 Å². The number of hydrogen-bond donors (Lipinski definition) is 1. The Labute approximate surface area is 129 Å². The maximum atomic E-state index is 12.8. The summed E-state index contributed by atoms with van der Waals surface area (Å²) >= 11 is 0. The van der Waals surface area contributed by atoms with Crippen LogP contribution in [0.1, 0.15) is 18.9 Å². The zero-order valence-corrected chi connectivity index (χ0v) is 12.6. The van der Waals surface area contributed by atoms with Crippen molar-refractivity contribution in [1.82, 2.24) is 4.90 Å². The van der Waals surface area contributed by atoms with Crippen molar-refractivity contribution in [3.05, 3.63) is 29.8 Å². The number of Topliss-reactive ketones (excluding diaryl/α,β-unsaturated/α-hetero) is 1. The molecule has 2 heterocycles. The Balaban J connectivity index is 1.91. The number of hydrogen-bond acceptors (Lipinski definition) is 5. The summed E-state index contributed by atoms with van der Waals surface area (Å²) in [5, 5.41) is 10.8. The Morgan fingerprint density at radius 1 is 1.32 bits per heavy atom. The molecule has 6 nitrogen and oxygen atoms in total. The van der Waals surface area contributed by atoms with Crippen LogP contribution in [0.2, 0.25) is 0 Å². The van der Waals surface area contributed by atoms with Gasteiger partial charge in [-0.05, 0) is 13.0 Å². The molecule has 2 aliphatic rings. The van der Waals surface area contributed by atoms with Crippen molar-refractivity contribution in [2.24, 2.45) is 0 Å². The van der Waals surface area contributed by atoms with E-state index in [4.69, 9.17) is 4.74 Å². The molecule has 2 aliphatic heterocycles. The second-order valence-electron chi connectivity index (χ2n) is 5.86. The van der Waals surface area contributed by atoms with Crippen LogP contribution in [0.3, 0.4) is 0 Å². The molecule has 1 saturated heterocycles. The first-order chi connectivity index (χ1) is 10.5. The number of aliphatic hydroxyl groups is 1. The predicted octanol–water partition coefficient (Wildman–Crippen LogP) is 0.490. The molecule has 1 amide bonds. The van der Waals surface area contributed by atoms with Gasteiger partial charge in [-0.15, -0.1) is 0 Å². The Kier molecular flexibility index (Phi) is 3.99. The van der Waals surface area contributed by atoms with Crippen LogP contribution in [0.4, 0.5) is 5.69 Å². The standard InChI is InChI=1S/C16H20N2O4/c1-12(19)10-16(21)13-4-2-3-5-14(13)18(15(16)20)11-17-6-8-22-9-7-17/h2-5,21H,6-11H2,1H3/t16-/m1/s1. The highest BCUT2D eigenvalue weighted by molar-refractivity contribution is 6.08. The zero-order valence-electron chi connectivity index (χ0n) is 12.6. The van der Waals surface area contributed by atoms with Crippen LogP contribution in [0.15, 0.2) is 24.3 Å². The number of rotatable bonds is 4. The number of benzene rings is 1. The van der Waals surface area contributed by atoms with Gasteiger partial charge in [0, 0.05) is 25.1 Å². The average molecular weight is 304 g/mol. The largest absolute Gasteiger partial charge is 0.379 e. The van der Waals surface area contributed by atoms with Gasteiger partial charge in [-0.1, -0.05) is 18.2 Å². The van der Waals surface area contributed by atoms with Gasteiger partial charge in [0.1, 0.15) is 5.78 Å². The summed E-state index contributed by atoms with van der Waals surface area (Å²) in [5.41, 5.74) is -0.541. The van der Waals surface area contributed by atoms with Crippen molar-refractivity contribution < 1.29 is 19.4 Å². The van der Waals surface area contributed by atoms with Gasteiger partial charge in [0.25, 0.3) is 5.91 Å². The van der Waals surface area contributed by atoms with Crippen LogP contribution < -0.4 is 4.90 Å². The number of carbonyl (C=O) groups excluding carboxylic acids is 2. The van der Waals surface area contributed by atoms with E-state index in [-0.39, 0.29) is 12.2 Å². The molecule has 118 valence electrons. The number of ketones is 1. The summed E-state index contributed by atoms with van der Waals surface area (Å²) in [7, 11) is 0. The van der Waals surface area contributed by atoms with E-state index >= 15 is 0 Å². The molecule has 1 fully saturated rings. The molecular weight excluding hydrogens is 284 g/mol. The van der Waals surface area contributed by atoms with E-state index < -0.39 is 11.5 Å². The monoisotopic (exact) mass is 304 g/mol. The summed E-state index contributed by atoms with van der Waals surface area (Å²) in [6.07, 6.45) is -0.192. The highest BCUT2D eigenvalue weighted by Gasteiger charge is 2.50. The molecule has 1 aromatic rings. The SMILES string of the molecule is CC(=O)C[C@]1(O)C(=O)N(CN2CCOCC2)c2ccccc21. The molecule has 0 aromatic heterocycles. The van der Waals surface area contributed by atoms with Crippen molar-refractivity contribution in [2.45, 2.75) is 18.9 Å². The third kappa shape index (κ3) is 2.54. The van der Waals surface area contributed by atoms with E-state index in [9.17, 15) is 14.7 Å². The van der Waals surface area contributed by atoms with E-state index in [1.165, 1.54) is 6.92 Å². The number of carbonyl (C=O) groups is 2. The zero-order chi connectivity index (χ0) is 15.7. The third-order valence-corrected chi connectivity index (χ3v) is 4.19. The van der Waals surface area contributed by atoms with Crippen LogP contribution in [-0.2, 0) is 19.9 Å². The Hall–Kier alpha value is -1.76. The Morgan fingerprint density at radius 2 is 2.00 bits per heavy atom. The number of ether oxygens (including phenoxy) is 1. The maximum absolute atomic E-state index is 12.8. The first-order valence-electron chi connectivity index (χ1n) is 7.46. The average Bonchev–Trinajstić information content (AvgIpc) is 2.70. The summed E-state index contributed by atoms with van der Waals surface area (Å²) in [6.45, 7) is 4.56. The van der Waals surface area contributed by atoms with Crippen LogP contribution >= 0.6 is 0 Å². The lowest BCUT2D eigenvalue weighted by Gasteiger charge is -2.31. The van der Waals surface area contributed by atoms with Crippen molar-refractivity contribution in [1.29, 1.82) is 0 Å². The fourth-order valence-corrected chi connectivity index (χ4v) is 3.12. The molecule has 6 heteroatoms. The van der Waals surface area contributed by atoms with Gasteiger partial charge >= 0.3 is 0 Å². The van der Waals surface area contributed by atoms with E-state index in [1.54, 1.807) is 17.0 Å². The van der Waals surface area contributed by atoms with Gasteiger partial charge in [0.05, 0.1) is 25.6 Å². The highest BCUT2D eigenvalue weighted by atomic mass is 16.5. The molecule has 1 aromatic carbocycles. The number of nitrogens with zero attached hydrogens (tertiary/aromatic N) is 2. The van der Waals surface area contributed by atoms with Crippen LogP contribution in [-0.4, -0.2) is 54.7 Å². The second kappa shape index (κ2) is 5.79. The topological polar surface area (TPSA) is 70.1 Å². The van der Waals surface area contributed by atoms with Crippen molar-refractivity contribution in [2.75, 3.05) is 37.9 Å². The number of para-hydroxylation sites is 1. The van der Waals surface area contributed by atoms with Crippen molar-refractivity contribution in [3.8, 4) is 0 Å². The number of anilines is 1. The number of morpholine rings is 1. The van der Waals surface area contributed by atoms with Crippen molar-refractivity contribution >= 4 is 17.4 Å². The molecule has 1 atom stereocenters. The molecular formula is C16H20N2O4. The van der Waals surface area contributed by atoms with E-state index in [1.807, 2.05) is 12.1 Å². The third-order valence-electron chi connectivity index (χ3n) is 4.19. The summed E-state index contributed by atoms with van der Waals surface area (Å²) in [5.74, 6) is -0.630. The fraction of sp³-hybridized carbons (Fsp3) is 0.500. The van der Waals surface area contributed by atoms with Crippen LogP contribution in [0.25, 0.3) is 0 Å². The number of amides is 1. The van der Waals surface area contributed by atoms with Gasteiger partial charge in [-0.3, -0.25) is 19.4 Å². The predicted molar refractivity (Wildman–Crippen MR) is 80.4 cm³/mol. The Morgan fingerprint density at radius 3 is 2.68 bits per heavy atom. The van der Waals surface area contributed by atoms with Gasteiger partial charge in [0.2, 0.25) is 0 Å².